The number of nitrogens with two attached hydrogens (primary N) is 1. The molecule has 0 saturated heterocycles. The monoisotopic (exact) mass is 446 g/mol. The highest BCUT2D eigenvalue weighted by atomic mass is 32.2. The fourth-order valence-corrected chi connectivity index (χ4v) is 4.68. The van der Waals surface area contributed by atoms with Gasteiger partial charge in [0.15, 0.2) is 33.6 Å². The van der Waals surface area contributed by atoms with Gasteiger partial charge in [0, 0.05) is 23.1 Å². The molecule has 1 aliphatic rings. The molecule has 3 N–H and O–H groups in total. The number of rotatable bonds is 7. The number of hydrogen-bond donors (Lipinski definition) is 2. The topological polar surface area (TPSA) is 134 Å². The van der Waals surface area contributed by atoms with Crippen molar-refractivity contribution in [3.8, 4) is 23.8 Å². The number of anilines is 1. The highest BCUT2D eigenvalue weighted by Crippen LogP contribution is 2.41. The van der Waals surface area contributed by atoms with E-state index >= 15 is 0 Å². The molecule has 0 bridgehead atoms. The number of hydrogen-bond acceptors (Lipinski definition) is 9. The summed E-state index contributed by atoms with van der Waals surface area (Å²) in [5.74, 6) is 4.04. The first-order chi connectivity index (χ1) is 14.4. The van der Waals surface area contributed by atoms with Crippen LogP contribution in [0, 0.1) is 12.3 Å². The van der Waals surface area contributed by atoms with Gasteiger partial charge in [0.2, 0.25) is 16.8 Å². The zero-order valence-corrected chi connectivity index (χ0v) is 17.6. The van der Waals surface area contributed by atoms with Crippen molar-refractivity contribution in [2.45, 2.75) is 23.0 Å². The number of fused-ring (bicyclic) bond motifs is 2. The average molecular weight is 447 g/mol. The fourth-order valence-electron chi connectivity index (χ4n) is 2.95. The quantitative estimate of drug-likeness (QED) is 0.514. The summed E-state index contributed by atoms with van der Waals surface area (Å²) in [6.07, 6.45) is 7.38. The van der Waals surface area contributed by atoms with E-state index in [1.807, 2.05) is 4.57 Å². The first kappa shape index (κ1) is 20.3. The molecule has 12 heteroatoms. The van der Waals surface area contributed by atoms with Crippen molar-refractivity contribution in [1.29, 1.82) is 0 Å². The first-order valence-electron chi connectivity index (χ1n) is 8.88. The van der Waals surface area contributed by atoms with E-state index in [1.54, 1.807) is 12.1 Å². The van der Waals surface area contributed by atoms with E-state index in [0.717, 1.165) is 4.90 Å². The minimum atomic E-state index is -3.33. The highest BCUT2D eigenvalue weighted by Gasteiger charge is 2.21. The summed E-state index contributed by atoms with van der Waals surface area (Å²) in [6, 6.07) is 3.54. The van der Waals surface area contributed by atoms with Gasteiger partial charge in [-0.2, -0.15) is 0 Å². The predicted octanol–water partition coefficient (Wildman–Crippen LogP) is 1.21. The van der Waals surface area contributed by atoms with Gasteiger partial charge in [-0.1, -0.05) is 17.7 Å². The van der Waals surface area contributed by atoms with Crippen molar-refractivity contribution in [3.63, 3.8) is 0 Å². The maximum atomic E-state index is 11.8. The Balaban J connectivity index is 1.72. The van der Waals surface area contributed by atoms with E-state index in [9.17, 15) is 8.42 Å². The maximum Gasteiger partial charge on any atom is 0.231 e. The Kier molecular flexibility index (Phi) is 5.42. The standard InChI is InChI=1S/C18H18N6O4S2/c1-3-11-7-12-13(28-10-27-12)8-14(11)29-18-23-15-16(19)21-9-22-17(15)24(18)5-4-6-30(25,26)20-2/h1,7-9,20H,4-6,10H2,2H3,(H2,19,21,22). The van der Waals surface area contributed by atoms with Crippen LogP contribution in [0.3, 0.4) is 0 Å². The van der Waals surface area contributed by atoms with Crippen LogP contribution in [0.2, 0.25) is 0 Å². The molecule has 0 atom stereocenters. The van der Waals surface area contributed by atoms with E-state index in [1.165, 1.54) is 25.1 Å². The first-order valence-corrected chi connectivity index (χ1v) is 11.3. The van der Waals surface area contributed by atoms with Crippen molar-refractivity contribution in [3.05, 3.63) is 24.0 Å². The Bertz CT molecular complexity index is 1270. The molecule has 3 heterocycles. The van der Waals surface area contributed by atoms with Crippen molar-refractivity contribution in [1.82, 2.24) is 24.2 Å². The molecule has 0 radical (unpaired) electrons. The van der Waals surface area contributed by atoms with Crippen LogP contribution in [-0.2, 0) is 16.6 Å². The van der Waals surface area contributed by atoms with Crippen LogP contribution in [0.15, 0.2) is 28.5 Å². The van der Waals surface area contributed by atoms with Crippen molar-refractivity contribution in [2.24, 2.45) is 0 Å². The molecule has 30 heavy (non-hydrogen) atoms. The van der Waals surface area contributed by atoms with Gasteiger partial charge in [-0.15, -0.1) is 6.42 Å². The van der Waals surface area contributed by atoms with Crippen molar-refractivity contribution >= 4 is 38.8 Å². The molecule has 156 valence electrons. The van der Waals surface area contributed by atoms with Gasteiger partial charge in [0.1, 0.15) is 6.33 Å². The highest BCUT2D eigenvalue weighted by molar-refractivity contribution is 7.99. The molecular weight excluding hydrogens is 428 g/mol. The molecule has 4 rings (SSSR count). The lowest BCUT2D eigenvalue weighted by molar-refractivity contribution is 0.174. The normalized spacial score (nSPS) is 12.9. The molecule has 3 aromatic rings. The molecule has 1 aliphatic heterocycles. The summed E-state index contributed by atoms with van der Waals surface area (Å²) in [6.45, 7) is 0.504. The molecule has 0 saturated carbocycles. The number of nitrogen functional groups attached to an aromatic ring is 1. The third kappa shape index (κ3) is 3.87. The Morgan fingerprint density at radius 3 is 2.83 bits per heavy atom. The number of nitrogens with zero attached hydrogens (tertiary/aromatic N) is 4. The van der Waals surface area contributed by atoms with Gasteiger partial charge >= 0.3 is 0 Å². The van der Waals surface area contributed by atoms with E-state index in [2.05, 4.69) is 25.6 Å². The second-order valence-corrected chi connectivity index (χ2v) is 9.36. The minimum Gasteiger partial charge on any atom is -0.454 e. The van der Waals surface area contributed by atoms with E-state index in [4.69, 9.17) is 21.6 Å². The van der Waals surface area contributed by atoms with Gasteiger partial charge in [0.05, 0.1) is 5.75 Å². The molecule has 1 aromatic carbocycles. The van der Waals surface area contributed by atoms with E-state index < -0.39 is 10.0 Å². The Hall–Kier alpha value is -3.01. The van der Waals surface area contributed by atoms with Gasteiger partial charge in [0.25, 0.3) is 0 Å². The number of aromatic nitrogens is 4. The number of benzene rings is 1. The van der Waals surface area contributed by atoms with Crippen LogP contribution in [0.1, 0.15) is 12.0 Å². The Morgan fingerprint density at radius 2 is 2.10 bits per heavy atom. The summed E-state index contributed by atoms with van der Waals surface area (Å²) in [5, 5.41) is 0.564. The summed E-state index contributed by atoms with van der Waals surface area (Å²) in [5.41, 5.74) is 7.56. The second-order valence-electron chi connectivity index (χ2n) is 6.30. The number of terminal acetylenes is 1. The molecule has 10 nitrogen and oxygen atoms in total. The second kappa shape index (κ2) is 8.02. The number of aryl methyl sites for hydroxylation is 1. The fraction of sp³-hybridized carbons (Fsp3) is 0.278. The number of imidazole rings is 1. The summed E-state index contributed by atoms with van der Waals surface area (Å²) in [4.78, 5) is 13.6. The van der Waals surface area contributed by atoms with Crippen LogP contribution < -0.4 is 19.9 Å². The van der Waals surface area contributed by atoms with E-state index in [0.29, 0.717) is 46.3 Å². The van der Waals surface area contributed by atoms with Gasteiger partial charge in [-0.3, -0.25) is 0 Å². The predicted molar refractivity (Wildman–Crippen MR) is 112 cm³/mol. The van der Waals surface area contributed by atoms with Crippen LogP contribution >= 0.6 is 11.8 Å². The molecule has 0 unspecified atom stereocenters. The summed E-state index contributed by atoms with van der Waals surface area (Å²) in [7, 11) is -1.94. The smallest absolute Gasteiger partial charge is 0.231 e. The zero-order chi connectivity index (χ0) is 21.3. The van der Waals surface area contributed by atoms with Crippen molar-refractivity contribution in [2.75, 3.05) is 25.3 Å². The molecule has 0 spiro atoms. The zero-order valence-electron chi connectivity index (χ0n) is 16.0. The van der Waals surface area contributed by atoms with Crippen molar-refractivity contribution < 1.29 is 17.9 Å². The van der Waals surface area contributed by atoms with Crippen LogP contribution in [0.5, 0.6) is 11.5 Å². The molecular formula is C18H18N6O4S2. The maximum absolute atomic E-state index is 11.8. The number of ether oxygens (including phenoxy) is 2. The average Bonchev–Trinajstić information content (AvgIpc) is 3.32. The third-order valence-electron chi connectivity index (χ3n) is 4.46. The number of nitrogens with one attached hydrogen (secondary N) is 1. The summed E-state index contributed by atoms with van der Waals surface area (Å²) < 4.78 is 38.5. The summed E-state index contributed by atoms with van der Waals surface area (Å²) >= 11 is 1.31. The van der Waals surface area contributed by atoms with E-state index in [-0.39, 0.29) is 18.4 Å². The molecule has 0 aliphatic carbocycles. The molecule has 2 aromatic heterocycles. The Labute approximate surface area is 177 Å². The molecule has 0 amide bonds. The lowest BCUT2D eigenvalue weighted by atomic mass is 10.2. The lowest BCUT2D eigenvalue weighted by Gasteiger charge is -2.10. The van der Waals surface area contributed by atoms with Crippen LogP contribution in [0.25, 0.3) is 11.2 Å². The largest absolute Gasteiger partial charge is 0.454 e. The third-order valence-corrected chi connectivity index (χ3v) is 6.96. The van der Waals surface area contributed by atoms with Gasteiger partial charge < -0.3 is 19.8 Å². The lowest BCUT2D eigenvalue weighted by Crippen LogP contribution is -2.22. The van der Waals surface area contributed by atoms with Gasteiger partial charge in [-0.25, -0.2) is 28.1 Å². The number of sulfonamides is 1. The molecule has 0 fully saturated rings. The van der Waals surface area contributed by atoms with Crippen LogP contribution in [0.4, 0.5) is 5.82 Å². The minimum absolute atomic E-state index is 0.0343. The SMILES string of the molecule is C#Cc1cc2c(cc1Sc1nc3c(N)ncnc3n1CCCS(=O)(=O)NC)OCO2. The van der Waals surface area contributed by atoms with Crippen LogP contribution in [-0.4, -0.2) is 47.5 Å². The van der Waals surface area contributed by atoms with Gasteiger partial charge in [-0.05, 0) is 19.5 Å². The Morgan fingerprint density at radius 1 is 1.33 bits per heavy atom.